The van der Waals surface area contributed by atoms with Crippen molar-refractivity contribution in [1.82, 2.24) is 5.32 Å². The predicted octanol–water partition coefficient (Wildman–Crippen LogP) is 2.97. The maximum Gasteiger partial charge on any atom is 0.353 e. The average molecular weight is 329 g/mol. The third kappa shape index (κ3) is 5.44. The zero-order valence-electron chi connectivity index (χ0n) is 13.5. The summed E-state index contributed by atoms with van der Waals surface area (Å²) in [6.45, 7) is 5.34. The third-order valence-corrected chi connectivity index (χ3v) is 5.24. The smallest absolute Gasteiger partial charge is 0.353 e. The van der Waals surface area contributed by atoms with Gasteiger partial charge in [-0.25, -0.2) is 0 Å². The van der Waals surface area contributed by atoms with Crippen LogP contribution in [0.25, 0.3) is 0 Å². The second-order valence-corrected chi connectivity index (χ2v) is 6.87. The Balaban J connectivity index is 3.04. The van der Waals surface area contributed by atoms with E-state index in [9.17, 15) is 9.36 Å². The first kappa shape index (κ1) is 18.7. The number of carbonyl (C=O) groups excluding carboxylic acids is 1. The van der Waals surface area contributed by atoms with Crippen molar-refractivity contribution in [3.8, 4) is 5.75 Å². The highest BCUT2D eigenvalue weighted by atomic mass is 31.2. The van der Waals surface area contributed by atoms with Crippen molar-refractivity contribution in [2.75, 3.05) is 20.3 Å². The second kappa shape index (κ2) is 8.93. The summed E-state index contributed by atoms with van der Waals surface area (Å²) < 4.78 is 28.8. The molecular weight excluding hydrogens is 305 g/mol. The number of rotatable bonds is 9. The lowest BCUT2D eigenvalue weighted by Gasteiger charge is -2.26. The highest BCUT2D eigenvalue weighted by molar-refractivity contribution is 7.54. The van der Waals surface area contributed by atoms with Gasteiger partial charge in [0.05, 0.1) is 20.3 Å². The largest absolute Gasteiger partial charge is 0.497 e. The fourth-order valence-electron chi connectivity index (χ4n) is 2.08. The lowest BCUT2D eigenvalue weighted by Crippen LogP contribution is -2.36. The molecule has 1 rings (SSSR count). The summed E-state index contributed by atoms with van der Waals surface area (Å²) in [7, 11) is -1.87. The van der Waals surface area contributed by atoms with Gasteiger partial charge in [-0.1, -0.05) is 12.1 Å². The van der Waals surface area contributed by atoms with Gasteiger partial charge in [-0.05, 0) is 31.5 Å². The SMILES string of the molecule is CCOP(=O)(OCC)[C@H](Cc1cccc(OC)c1)NC(C)=O. The van der Waals surface area contributed by atoms with Gasteiger partial charge in [0, 0.05) is 13.3 Å². The molecule has 1 atom stereocenters. The molecule has 0 aliphatic carbocycles. The van der Waals surface area contributed by atoms with Crippen molar-refractivity contribution in [1.29, 1.82) is 0 Å². The van der Waals surface area contributed by atoms with Gasteiger partial charge in [0.15, 0.2) is 0 Å². The van der Waals surface area contributed by atoms with E-state index in [1.165, 1.54) is 6.92 Å². The number of hydrogen-bond donors (Lipinski definition) is 1. The molecule has 0 aliphatic rings. The Bertz CT molecular complexity index is 524. The molecule has 0 saturated heterocycles. The van der Waals surface area contributed by atoms with E-state index in [0.717, 1.165) is 5.56 Å². The molecule has 0 unspecified atom stereocenters. The molecule has 1 N–H and O–H groups in total. The minimum Gasteiger partial charge on any atom is -0.497 e. The Hall–Kier alpha value is -1.36. The average Bonchev–Trinajstić information content (AvgIpc) is 2.47. The summed E-state index contributed by atoms with van der Waals surface area (Å²) in [5, 5.41) is 2.68. The van der Waals surface area contributed by atoms with Gasteiger partial charge in [-0.15, -0.1) is 0 Å². The van der Waals surface area contributed by atoms with Crippen molar-refractivity contribution >= 4 is 13.5 Å². The Labute approximate surface area is 131 Å². The van der Waals surface area contributed by atoms with Crippen LogP contribution in [-0.4, -0.2) is 32.0 Å². The van der Waals surface area contributed by atoms with Crippen LogP contribution in [0, 0.1) is 0 Å². The van der Waals surface area contributed by atoms with Crippen LogP contribution < -0.4 is 10.1 Å². The Morgan fingerprint density at radius 2 is 1.91 bits per heavy atom. The third-order valence-electron chi connectivity index (χ3n) is 2.93. The van der Waals surface area contributed by atoms with Crippen LogP contribution in [-0.2, 0) is 24.8 Å². The number of amides is 1. The van der Waals surface area contributed by atoms with Crippen molar-refractivity contribution in [2.45, 2.75) is 33.0 Å². The van der Waals surface area contributed by atoms with E-state index < -0.39 is 13.4 Å². The number of methoxy groups -OCH3 is 1. The first-order valence-electron chi connectivity index (χ1n) is 7.24. The molecule has 7 heteroatoms. The van der Waals surface area contributed by atoms with Crippen molar-refractivity contribution in [2.24, 2.45) is 0 Å². The Morgan fingerprint density at radius 1 is 1.27 bits per heavy atom. The standard InChI is InChI=1S/C15H24NO5P/c1-5-20-22(18,21-6-2)15(16-12(3)17)11-13-8-7-9-14(10-13)19-4/h7-10,15H,5-6,11H2,1-4H3,(H,16,17)/t15-/m1/s1. The van der Waals surface area contributed by atoms with E-state index in [1.54, 1.807) is 21.0 Å². The van der Waals surface area contributed by atoms with E-state index in [0.29, 0.717) is 12.2 Å². The summed E-state index contributed by atoms with van der Waals surface area (Å²) >= 11 is 0. The van der Waals surface area contributed by atoms with Crippen LogP contribution in [0.15, 0.2) is 24.3 Å². The van der Waals surface area contributed by atoms with Crippen LogP contribution in [0.4, 0.5) is 0 Å². The van der Waals surface area contributed by atoms with Crippen LogP contribution in [0.5, 0.6) is 5.75 Å². The maximum atomic E-state index is 12.9. The molecule has 0 fully saturated rings. The molecule has 0 bridgehead atoms. The summed E-state index contributed by atoms with van der Waals surface area (Å²) in [6, 6.07) is 7.36. The lowest BCUT2D eigenvalue weighted by molar-refractivity contribution is -0.119. The first-order chi connectivity index (χ1) is 10.4. The quantitative estimate of drug-likeness (QED) is 0.705. The fraction of sp³-hybridized carbons (Fsp3) is 0.533. The van der Waals surface area contributed by atoms with Crippen molar-refractivity contribution in [3.63, 3.8) is 0 Å². The number of hydrogen-bond acceptors (Lipinski definition) is 5. The maximum absolute atomic E-state index is 12.9. The molecule has 0 spiro atoms. The van der Waals surface area contributed by atoms with Gasteiger partial charge in [0.1, 0.15) is 11.5 Å². The number of nitrogens with one attached hydrogen (secondary N) is 1. The minimum atomic E-state index is -3.45. The van der Waals surface area contributed by atoms with Crippen molar-refractivity contribution in [3.05, 3.63) is 29.8 Å². The number of ether oxygens (including phenoxy) is 1. The van der Waals surface area contributed by atoms with Gasteiger partial charge in [0.25, 0.3) is 0 Å². The summed E-state index contributed by atoms with van der Waals surface area (Å²) in [4.78, 5) is 11.5. The monoisotopic (exact) mass is 329 g/mol. The molecule has 1 aromatic rings. The van der Waals surface area contributed by atoms with Gasteiger partial charge < -0.3 is 19.1 Å². The van der Waals surface area contributed by atoms with Crippen LogP contribution >= 0.6 is 7.60 Å². The van der Waals surface area contributed by atoms with Crippen LogP contribution in [0.1, 0.15) is 26.3 Å². The van der Waals surface area contributed by atoms with E-state index in [1.807, 2.05) is 24.3 Å². The minimum absolute atomic E-state index is 0.242. The summed E-state index contributed by atoms with van der Waals surface area (Å²) in [5.41, 5.74) is 0.873. The second-order valence-electron chi connectivity index (χ2n) is 4.65. The number of carbonyl (C=O) groups is 1. The number of benzene rings is 1. The van der Waals surface area contributed by atoms with Crippen LogP contribution in [0.3, 0.4) is 0 Å². The topological polar surface area (TPSA) is 73.9 Å². The molecule has 0 aliphatic heterocycles. The summed E-state index contributed by atoms with van der Waals surface area (Å²) in [5.74, 6) is -0.328. The molecule has 124 valence electrons. The Kier molecular flexibility index (Phi) is 7.59. The molecule has 1 aromatic carbocycles. The van der Waals surface area contributed by atoms with E-state index in [2.05, 4.69) is 5.32 Å². The van der Waals surface area contributed by atoms with E-state index >= 15 is 0 Å². The lowest BCUT2D eigenvalue weighted by atomic mass is 10.1. The Morgan fingerprint density at radius 3 is 2.41 bits per heavy atom. The predicted molar refractivity (Wildman–Crippen MR) is 85.2 cm³/mol. The zero-order valence-corrected chi connectivity index (χ0v) is 14.4. The molecule has 0 heterocycles. The highest BCUT2D eigenvalue weighted by Gasteiger charge is 2.36. The summed E-state index contributed by atoms with van der Waals surface area (Å²) in [6.07, 6.45) is 0.327. The van der Waals surface area contributed by atoms with E-state index in [4.69, 9.17) is 13.8 Å². The first-order valence-corrected chi connectivity index (χ1v) is 8.85. The van der Waals surface area contributed by atoms with Crippen molar-refractivity contribution < 1.29 is 23.1 Å². The molecular formula is C15H24NO5P. The molecule has 22 heavy (non-hydrogen) atoms. The van der Waals surface area contributed by atoms with Crippen LogP contribution in [0.2, 0.25) is 0 Å². The highest BCUT2D eigenvalue weighted by Crippen LogP contribution is 2.53. The zero-order chi connectivity index (χ0) is 16.6. The van der Waals surface area contributed by atoms with Gasteiger partial charge in [0.2, 0.25) is 5.91 Å². The normalized spacial score (nSPS) is 12.7. The molecule has 6 nitrogen and oxygen atoms in total. The molecule has 0 radical (unpaired) electrons. The van der Waals surface area contributed by atoms with E-state index in [-0.39, 0.29) is 19.1 Å². The van der Waals surface area contributed by atoms with Gasteiger partial charge in [-0.3, -0.25) is 9.36 Å². The molecule has 1 amide bonds. The molecule has 0 saturated carbocycles. The van der Waals surface area contributed by atoms with Gasteiger partial charge in [-0.2, -0.15) is 0 Å². The molecule has 0 aromatic heterocycles. The fourth-order valence-corrected chi connectivity index (χ4v) is 4.00. The van der Waals surface area contributed by atoms with Gasteiger partial charge >= 0.3 is 7.60 Å².